The van der Waals surface area contributed by atoms with Gasteiger partial charge in [0.25, 0.3) is 0 Å². The summed E-state index contributed by atoms with van der Waals surface area (Å²) in [7, 11) is -3.52. The summed E-state index contributed by atoms with van der Waals surface area (Å²) >= 11 is 0. The molecular formula is C18H18FN3O3S. The predicted molar refractivity (Wildman–Crippen MR) is 96.8 cm³/mol. The molecule has 1 aromatic heterocycles. The highest BCUT2D eigenvalue weighted by atomic mass is 32.2. The van der Waals surface area contributed by atoms with Gasteiger partial charge in [0.15, 0.2) is 5.58 Å². The van der Waals surface area contributed by atoms with Gasteiger partial charge in [-0.15, -0.1) is 0 Å². The molecule has 4 rings (SSSR count). The van der Waals surface area contributed by atoms with Crippen molar-refractivity contribution in [2.24, 2.45) is 0 Å². The number of sulfonamides is 1. The van der Waals surface area contributed by atoms with Gasteiger partial charge in [-0.3, -0.25) is 0 Å². The van der Waals surface area contributed by atoms with Gasteiger partial charge in [0.2, 0.25) is 10.0 Å². The third-order valence-electron chi connectivity index (χ3n) is 4.60. The molecule has 0 N–H and O–H groups in total. The zero-order valence-electron chi connectivity index (χ0n) is 14.0. The molecule has 136 valence electrons. The Morgan fingerprint density at radius 3 is 2.46 bits per heavy atom. The summed E-state index contributed by atoms with van der Waals surface area (Å²) in [4.78, 5) is 1.87. The fraction of sp³-hybridized carbons (Fsp3) is 0.278. The van der Waals surface area contributed by atoms with Crippen molar-refractivity contribution < 1.29 is 17.3 Å². The summed E-state index contributed by atoms with van der Waals surface area (Å²) in [5, 5.41) is 4.62. The lowest BCUT2D eigenvalue weighted by Gasteiger charge is -2.35. The number of rotatable bonds is 4. The smallest absolute Gasteiger partial charge is 0.220 e. The normalized spacial score (nSPS) is 16.3. The summed E-state index contributed by atoms with van der Waals surface area (Å²) in [5.41, 5.74) is 1.49. The van der Waals surface area contributed by atoms with Gasteiger partial charge in [-0.2, -0.15) is 4.31 Å². The summed E-state index contributed by atoms with van der Waals surface area (Å²) in [6, 6.07) is 13.7. The first-order chi connectivity index (χ1) is 12.5. The van der Waals surface area contributed by atoms with Crippen LogP contribution in [-0.4, -0.2) is 44.1 Å². The number of anilines is 1. The number of nitrogens with zero attached hydrogens (tertiary/aromatic N) is 3. The molecule has 0 amide bonds. The van der Waals surface area contributed by atoms with E-state index in [1.54, 1.807) is 30.3 Å². The molecule has 1 aliphatic heterocycles. The fourth-order valence-electron chi connectivity index (χ4n) is 3.22. The molecule has 0 unspecified atom stereocenters. The van der Waals surface area contributed by atoms with Crippen LogP contribution in [0, 0.1) is 5.82 Å². The molecule has 1 aliphatic rings. The van der Waals surface area contributed by atoms with E-state index in [2.05, 4.69) is 5.16 Å². The Kier molecular flexibility index (Phi) is 4.37. The maximum absolute atomic E-state index is 13.9. The lowest BCUT2D eigenvalue weighted by Crippen LogP contribution is -2.49. The topological polar surface area (TPSA) is 66.7 Å². The molecule has 0 saturated carbocycles. The Labute approximate surface area is 150 Å². The number of hydrogen-bond acceptors (Lipinski definition) is 5. The lowest BCUT2D eigenvalue weighted by molar-refractivity contribution is 0.381. The van der Waals surface area contributed by atoms with E-state index < -0.39 is 10.0 Å². The molecule has 0 radical (unpaired) electrons. The van der Waals surface area contributed by atoms with Crippen LogP contribution in [0.2, 0.25) is 0 Å². The van der Waals surface area contributed by atoms with Crippen molar-refractivity contribution in [1.29, 1.82) is 0 Å². The fourth-order valence-corrected chi connectivity index (χ4v) is 4.68. The molecule has 26 heavy (non-hydrogen) atoms. The Bertz CT molecular complexity index is 1030. The van der Waals surface area contributed by atoms with E-state index in [1.807, 2.05) is 17.0 Å². The second kappa shape index (κ2) is 6.69. The van der Waals surface area contributed by atoms with Gasteiger partial charge in [0, 0.05) is 31.6 Å². The maximum Gasteiger partial charge on any atom is 0.220 e. The summed E-state index contributed by atoms with van der Waals surface area (Å²) < 4.78 is 46.1. The second-order valence-electron chi connectivity index (χ2n) is 6.22. The first-order valence-corrected chi connectivity index (χ1v) is 9.96. The molecule has 0 atom stereocenters. The Hall–Kier alpha value is -2.45. The average Bonchev–Trinajstić information content (AvgIpc) is 3.05. The third kappa shape index (κ3) is 3.17. The molecule has 8 heteroatoms. The first-order valence-electron chi connectivity index (χ1n) is 8.35. The van der Waals surface area contributed by atoms with E-state index in [9.17, 15) is 12.8 Å². The summed E-state index contributed by atoms with van der Waals surface area (Å²) in [6.07, 6.45) is 0. The van der Waals surface area contributed by atoms with Crippen molar-refractivity contribution in [1.82, 2.24) is 9.46 Å². The summed E-state index contributed by atoms with van der Waals surface area (Å²) in [5.74, 6) is -0.498. The Balaban J connectivity index is 1.47. The van der Waals surface area contributed by atoms with E-state index in [-0.39, 0.29) is 11.6 Å². The van der Waals surface area contributed by atoms with Gasteiger partial charge in [0.1, 0.15) is 17.3 Å². The van der Waals surface area contributed by atoms with Crippen LogP contribution >= 0.6 is 0 Å². The monoisotopic (exact) mass is 375 g/mol. The molecule has 1 saturated heterocycles. The van der Waals surface area contributed by atoms with Crippen LogP contribution < -0.4 is 4.90 Å². The second-order valence-corrected chi connectivity index (χ2v) is 8.19. The Morgan fingerprint density at radius 1 is 1.00 bits per heavy atom. The highest BCUT2D eigenvalue weighted by molar-refractivity contribution is 7.88. The molecule has 6 nitrogen and oxygen atoms in total. The van der Waals surface area contributed by atoms with Crippen molar-refractivity contribution in [3.8, 4) is 0 Å². The number of halogens is 1. The van der Waals surface area contributed by atoms with Crippen LogP contribution in [0.4, 0.5) is 10.1 Å². The molecule has 0 bridgehead atoms. The zero-order chi connectivity index (χ0) is 18.1. The number of fused-ring (bicyclic) bond motifs is 1. The van der Waals surface area contributed by atoms with E-state index in [0.717, 1.165) is 0 Å². The molecular weight excluding hydrogens is 357 g/mol. The van der Waals surface area contributed by atoms with E-state index >= 15 is 0 Å². The molecule has 0 spiro atoms. The maximum atomic E-state index is 13.9. The third-order valence-corrected chi connectivity index (χ3v) is 6.39. The van der Waals surface area contributed by atoms with Gasteiger partial charge in [-0.1, -0.05) is 29.4 Å². The van der Waals surface area contributed by atoms with Crippen LogP contribution in [0.5, 0.6) is 0 Å². The average molecular weight is 375 g/mol. The quantitative estimate of drug-likeness (QED) is 0.701. The summed E-state index contributed by atoms with van der Waals surface area (Å²) in [6.45, 7) is 1.51. The molecule has 3 aromatic rings. The lowest BCUT2D eigenvalue weighted by atomic mass is 10.2. The van der Waals surface area contributed by atoms with Crippen molar-refractivity contribution in [2.45, 2.75) is 5.75 Å². The van der Waals surface area contributed by atoms with Gasteiger partial charge in [-0.25, -0.2) is 12.8 Å². The van der Waals surface area contributed by atoms with Gasteiger partial charge >= 0.3 is 0 Å². The van der Waals surface area contributed by atoms with Crippen LogP contribution in [0.3, 0.4) is 0 Å². The highest BCUT2D eigenvalue weighted by Gasteiger charge is 2.29. The van der Waals surface area contributed by atoms with Crippen LogP contribution in [0.25, 0.3) is 11.0 Å². The van der Waals surface area contributed by atoms with E-state index in [0.29, 0.717) is 48.5 Å². The van der Waals surface area contributed by atoms with Crippen molar-refractivity contribution in [2.75, 3.05) is 31.1 Å². The standard InChI is InChI=1S/C18H18FN3O3S/c19-15-6-2-3-7-17(15)21-9-11-22(12-10-21)26(23,24)13-16-14-5-1-4-8-18(14)25-20-16/h1-8H,9-13H2. The molecule has 2 aromatic carbocycles. The zero-order valence-corrected chi connectivity index (χ0v) is 14.8. The predicted octanol–water partition coefficient (Wildman–Crippen LogP) is 2.62. The Morgan fingerprint density at radius 2 is 1.69 bits per heavy atom. The highest BCUT2D eigenvalue weighted by Crippen LogP contribution is 2.24. The number of benzene rings is 2. The number of aromatic nitrogens is 1. The van der Waals surface area contributed by atoms with Crippen LogP contribution in [-0.2, 0) is 15.8 Å². The number of para-hydroxylation sites is 2. The first kappa shape index (κ1) is 17.0. The molecule has 2 heterocycles. The van der Waals surface area contributed by atoms with Crippen LogP contribution in [0.1, 0.15) is 5.69 Å². The minimum absolute atomic E-state index is 0.205. The van der Waals surface area contributed by atoms with Crippen molar-refractivity contribution in [3.05, 3.63) is 60.0 Å². The van der Waals surface area contributed by atoms with E-state index in [1.165, 1.54) is 10.4 Å². The molecule has 0 aliphatic carbocycles. The largest absolute Gasteiger partial charge is 0.367 e. The SMILES string of the molecule is O=S(=O)(Cc1noc2ccccc12)N1CCN(c2ccccc2F)CC1. The van der Waals surface area contributed by atoms with Crippen molar-refractivity contribution >= 4 is 26.7 Å². The van der Waals surface area contributed by atoms with E-state index in [4.69, 9.17) is 4.52 Å². The molecule has 1 fully saturated rings. The minimum Gasteiger partial charge on any atom is -0.367 e. The minimum atomic E-state index is -3.52. The number of piperazine rings is 1. The van der Waals surface area contributed by atoms with Gasteiger partial charge in [-0.05, 0) is 24.3 Å². The van der Waals surface area contributed by atoms with Gasteiger partial charge in [0.05, 0.1) is 5.69 Å². The number of hydrogen-bond donors (Lipinski definition) is 0. The van der Waals surface area contributed by atoms with Gasteiger partial charge < -0.3 is 9.42 Å². The van der Waals surface area contributed by atoms with Crippen LogP contribution in [0.15, 0.2) is 53.1 Å². The van der Waals surface area contributed by atoms with Crippen molar-refractivity contribution in [3.63, 3.8) is 0 Å².